The molecule has 0 radical (unpaired) electrons. The summed E-state index contributed by atoms with van der Waals surface area (Å²) in [7, 11) is 1.51. The molecule has 6 nitrogen and oxygen atoms in total. The molecular weight excluding hydrogens is 364 g/mol. The van der Waals surface area contributed by atoms with Crippen LogP contribution in [0, 0.1) is 0 Å². The number of hydrogen-bond donors (Lipinski definition) is 1. The summed E-state index contributed by atoms with van der Waals surface area (Å²) in [6.07, 6.45) is 3.38. The van der Waals surface area contributed by atoms with Gasteiger partial charge in [0.25, 0.3) is 11.1 Å². The van der Waals surface area contributed by atoms with E-state index in [0.29, 0.717) is 22.9 Å². The highest BCUT2D eigenvalue weighted by atomic mass is 35.5. The first kappa shape index (κ1) is 19.3. The molecule has 25 heavy (non-hydrogen) atoms. The Kier molecular flexibility index (Phi) is 6.90. The van der Waals surface area contributed by atoms with Crippen LogP contribution in [-0.4, -0.2) is 42.2 Å². The maximum absolute atomic E-state index is 12.4. The van der Waals surface area contributed by atoms with Crippen molar-refractivity contribution in [2.24, 2.45) is 0 Å². The van der Waals surface area contributed by atoms with Crippen molar-refractivity contribution in [2.75, 3.05) is 20.2 Å². The molecule has 2 rings (SSSR count). The van der Waals surface area contributed by atoms with Crippen LogP contribution in [0.25, 0.3) is 6.08 Å². The highest BCUT2D eigenvalue weighted by molar-refractivity contribution is 8.18. The third kappa shape index (κ3) is 4.99. The Balaban J connectivity index is 2.07. The van der Waals surface area contributed by atoms with E-state index in [2.05, 4.69) is 5.32 Å². The second-order valence-corrected chi connectivity index (χ2v) is 6.77. The van der Waals surface area contributed by atoms with Gasteiger partial charge in [0.05, 0.1) is 17.0 Å². The Morgan fingerprint density at radius 1 is 1.40 bits per heavy atom. The maximum atomic E-state index is 12.4. The monoisotopic (exact) mass is 382 g/mol. The number of hydrogen-bond acceptors (Lipinski definition) is 5. The van der Waals surface area contributed by atoms with E-state index in [1.807, 2.05) is 6.92 Å². The zero-order valence-electron chi connectivity index (χ0n) is 14.0. The Morgan fingerprint density at radius 3 is 2.80 bits per heavy atom. The van der Waals surface area contributed by atoms with Crippen molar-refractivity contribution < 1.29 is 19.1 Å². The van der Waals surface area contributed by atoms with Gasteiger partial charge in [-0.1, -0.05) is 31.0 Å². The lowest BCUT2D eigenvalue weighted by Gasteiger charge is -2.12. The van der Waals surface area contributed by atoms with Crippen LogP contribution in [-0.2, 0) is 9.59 Å². The fourth-order valence-electron chi connectivity index (χ4n) is 2.16. The zero-order valence-corrected chi connectivity index (χ0v) is 15.6. The van der Waals surface area contributed by atoms with Crippen molar-refractivity contribution >= 4 is 46.5 Å². The standard InChI is InChI=1S/C17H19ClN2O4S/c1-3-4-7-19-15(21)10-20-16(22)14(25-17(20)23)9-11-5-6-13(24-2)12(18)8-11/h5-6,8-9H,3-4,7,10H2,1-2H3,(H,19,21)/b14-9-. The summed E-state index contributed by atoms with van der Waals surface area (Å²) >= 11 is 6.87. The molecule has 0 unspecified atom stereocenters. The van der Waals surface area contributed by atoms with E-state index in [4.69, 9.17) is 16.3 Å². The molecule has 8 heteroatoms. The van der Waals surface area contributed by atoms with Crippen molar-refractivity contribution in [2.45, 2.75) is 19.8 Å². The largest absolute Gasteiger partial charge is 0.495 e. The van der Waals surface area contributed by atoms with Gasteiger partial charge in [-0.2, -0.15) is 0 Å². The van der Waals surface area contributed by atoms with E-state index in [-0.39, 0.29) is 17.4 Å². The summed E-state index contributed by atoms with van der Waals surface area (Å²) in [5.74, 6) is -0.298. The maximum Gasteiger partial charge on any atom is 0.294 e. The molecule has 0 atom stereocenters. The number of nitrogens with zero attached hydrogens (tertiary/aromatic N) is 1. The first-order valence-electron chi connectivity index (χ1n) is 7.82. The fraction of sp³-hybridized carbons (Fsp3) is 0.353. The molecule has 1 fully saturated rings. The van der Waals surface area contributed by atoms with Gasteiger partial charge in [0, 0.05) is 6.54 Å². The number of methoxy groups -OCH3 is 1. The van der Waals surface area contributed by atoms with Crippen LogP contribution in [0.5, 0.6) is 5.75 Å². The van der Waals surface area contributed by atoms with Gasteiger partial charge >= 0.3 is 0 Å². The zero-order chi connectivity index (χ0) is 18.4. The third-order valence-corrected chi connectivity index (χ3v) is 4.70. The first-order valence-corrected chi connectivity index (χ1v) is 9.01. The van der Waals surface area contributed by atoms with Crippen LogP contribution < -0.4 is 10.1 Å². The molecule has 1 aliphatic rings. The number of carbonyl (C=O) groups is 3. The minimum absolute atomic E-state index is 0.257. The van der Waals surface area contributed by atoms with Crippen LogP contribution >= 0.6 is 23.4 Å². The number of unbranched alkanes of at least 4 members (excludes halogenated alkanes) is 1. The highest BCUT2D eigenvalue weighted by Crippen LogP contribution is 2.33. The van der Waals surface area contributed by atoms with Gasteiger partial charge in [-0.25, -0.2) is 0 Å². The Bertz CT molecular complexity index is 721. The van der Waals surface area contributed by atoms with Gasteiger partial charge in [0.15, 0.2) is 0 Å². The number of rotatable bonds is 7. The molecule has 1 aliphatic heterocycles. The second-order valence-electron chi connectivity index (χ2n) is 5.37. The van der Waals surface area contributed by atoms with Gasteiger partial charge in [0.1, 0.15) is 12.3 Å². The fourth-order valence-corrected chi connectivity index (χ4v) is 3.27. The number of ether oxygens (including phenoxy) is 1. The predicted octanol–water partition coefficient (Wildman–Crippen LogP) is 3.30. The van der Waals surface area contributed by atoms with Gasteiger partial charge in [-0.3, -0.25) is 19.3 Å². The normalized spacial score (nSPS) is 15.8. The number of amides is 3. The molecule has 0 saturated carbocycles. The number of thioether (sulfide) groups is 1. The van der Waals surface area contributed by atoms with Gasteiger partial charge in [-0.05, 0) is 42.0 Å². The molecule has 1 N–H and O–H groups in total. The summed E-state index contributed by atoms with van der Waals surface area (Å²) in [5.41, 5.74) is 0.670. The van der Waals surface area contributed by atoms with E-state index in [1.54, 1.807) is 24.3 Å². The Labute approximate surface area is 155 Å². The second kappa shape index (κ2) is 8.92. The van der Waals surface area contributed by atoms with Crippen molar-refractivity contribution in [3.8, 4) is 5.75 Å². The summed E-state index contributed by atoms with van der Waals surface area (Å²) in [6.45, 7) is 2.28. The lowest BCUT2D eigenvalue weighted by atomic mass is 10.2. The average molecular weight is 383 g/mol. The molecule has 3 amide bonds. The van der Waals surface area contributed by atoms with E-state index < -0.39 is 11.1 Å². The number of carbonyl (C=O) groups excluding carboxylic acids is 3. The van der Waals surface area contributed by atoms with Gasteiger partial charge in [0.2, 0.25) is 5.91 Å². The summed E-state index contributed by atoms with van der Waals surface area (Å²) < 4.78 is 5.08. The lowest BCUT2D eigenvalue weighted by molar-refractivity contribution is -0.129. The number of nitrogens with one attached hydrogen (secondary N) is 1. The van der Waals surface area contributed by atoms with Crippen LogP contribution in [0.3, 0.4) is 0 Å². The number of imide groups is 1. The number of halogens is 1. The van der Waals surface area contributed by atoms with Crippen LogP contribution in [0.15, 0.2) is 23.1 Å². The van der Waals surface area contributed by atoms with E-state index in [9.17, 15) is 14.4 Å². The summed E-state index contributed by atoms with van der Waals surface area (Å²) in [5, 5.41) is 2.64. The molecular formula is C17H19ClN2O4S. The molecule has 134 valence electrons. The minimum atomic E-state index is -0.479. The van der Waals surface area contributed by atoms with E-state index >= 15 is 0 Å². The van der Waals surface area contributed by atoms with Crippen LogP contribution in [0.1, 0.15) is 25.3 Å². The molecule has 1 saturated heterocycles. The highest BCUT2D eigenvalue weighted by Gasteiger charge is 2.36. The predicted molar refractivity (Wildman–Crippen MR) is 98.6 cm³/mol. The van der Waals surface area contributed by atoms with Crippen molar-refractivity contribution in [1.29, 1.82) is 0 Å². The lowest BCUT2D eigenvalue weighted by Crippen LogP contribution is -2.39. The molecule has 0 spiro atoms. The summed E-state index contributed by atoms with van der Waals surface area (Å²) in [6, 6.07) is 5.06. The molecule has 1 aromatic rings. The van der Waals surface area contributed by atoms with E-state index in [0.717, 1.165) is 29.5 Å². The van der Waals surface area contributed by atoms with Gasteiger partial charge < -0.3 is 10.1 Å². The van der Waals surface area contributed by atoms with E-state index in [1.165, 1.54) is 7.11 Å². The molecule has 1 heterocycles. The molecule has 0 aliphatic carbocycles. The minimum Gasteiger partial charge on any atom is -0.495 e. The molecule has 1 aromatic carbocycles. The Hall–Kier alpha value is -1.99. The van der Waals surface area contributed by atoms with Gasteiger partial charge in [-0.15, -0.1) is 0 Å². The molecule has 0 aromatic heterocycles. The SMILES string of the molecule is CCCCNC(=O)CN1C(=O)S/C(=C\c2ccc(OC)c(Cl)c2)C1=O. The average Bonchev–Trinajstić information content (AvgIpc) is 2.83. The Morgan fingerprint density at radius 2 is 2.16 bits per heavy atom. The molecule has 0 bridgehead atoms. The number of benzene rings is 1. The topological polar surface area (TPSA) is 75.7 Å². The van der Waals surface area contributed by atoms with Crippen LogP contribution in [0.4, 0.5) is 4.79 Å². The first-order chi connectivity index (χ1) is 12.0. The van der Waals surface area contributed by atoms with Crippen molar-refractivity contribution in [3.63, 3.8) is 0 Å². The smallest absolute Gasteiger partial charge is 0.294 e. The van der Waals surface area contributed by atoms with Crippen LogP contribution in [0.2, 0.25) is 5.02 Å². The quantitative estimate of drug-likeness (QED) is 0.578. The third-order valence-electron chi connectivity index (χ3n) is 3.50. The van der Waals surface area contributed by atoms with Crippen molar-refractivity contribution in [3.05, 3.63) is 33.7 Å². The van der Waals surface area contributed by atoms with Crippen molar-refractivity contribution in [1.82, 2.24) is 10.2 Å². The summed E-state index contributed by atoms with van der Waals surface area (Å²) in [4.78, 5) is 37.4.